The number of hydrogen-bond acceptors (Lipinski definition) is 4. The van der Waals surface area contributed by atoms with Crippen LogP contribution in [0.3, 0.4) is 0 Å². The van der Waals surface area contributed by atoms with Gasteiger partial charge in [-0.1, -0.05) is 32.6 Å². The van der Waals surface area contributed by atoms with Gasteiger partial charge in [-0.15, -0.1) is 0 Å². The molecule has 29 heavy (non-hydrogen) atoms. The normalized spacial score (nSPS) is 29.5. The van der Waals surface area contributed by atoms with Crippen LogP contribution < -0.4 is 4.74 Å². The molecule has 0 heterocycles. The van der Waals surface area contributed by atoms with Gasteiger partial charge in [0.25, 0.3) is 0 Å². The molecule has 0 saturated heterocycles. The van der Waals surface area contributed by atoms with E-state index in [1.165, 1.54) is 7.11 Å². The maximum absolute atomic E-state index is 13.7. The van der Waals surface area contributed by atoms with Crippen LogP contribution in [-0.2, 0) is 9.59 Å². The Balaban J connectivity index is 2.42. The number of carbonyl (C=O) groups excluding carboxylic acids is 2. The van der Waals surface area contributed by atoms with Crippen molar-refractivity contribution in [2.75, 3.05) is 7.11 Å². The molecule has 1 aromatic rings. The third-order valence-electron chi connectivity index (χ3n) is 6.96. The van der Waals surface area contributed by atoms with Gasteiger partial charge in [-0.3, -0.25) is 9.59 Å². The molecule has 2 aliphatic rings. The second-order valence-corrected chi connectivity index (χ2v) is 9.72. The molecule has 3 rings (SSSR count). The number of halogens is 2. The highest BCUT2D eigenvalue weighted by atomic mass is 79.9. The number of allylic oxidation sites excluding steroid dienone is 5. The van der Waals surface area contributed by atoms with Crippen molar-refractivity contribution in [1.29, 1.82) is 0 Å². The first-order chi connectivity index (χ1) is 13.5. The Bertz CT molecular complexity index is 1020. The summed E-state index contributed by atoms with van der Waals surface area (Å²) < 4.78 is 6.40. The van der Waals surface area contributed by atoms with Gasteiger partial charge < -0.3 is 9.84 Å². The van der Waals surface area contributed by atoms with Crippen molar-refractivity contribution in [2.45, 2.75) is 40.0 Å². The van der Waals surface area contributed by atoms with Crippen molar-refractivity contribution in [3.05, 3.63) is 56.0 Å². The van der Waals surface area contributed by atoms with E-state index in [4.69, 9.17) is 4.74 Å². The zero-order chi connectivity index (χ0) is 21.9. The van der Waals surface area contributed by atoms with E-state index in [1.807, 2.05) is 19.9 Å². The Hall–Kier alpha value is -1.66. The molecular weight excluding hydrogens is 500 g/mol. The number of methoxy groups -OCH3 is 1. The quantitative estimate of drug-likeness (QED) is 0.525. The monoisotopic (exact) mass is 522 g/mol. The van der Waals surface area contributed by atoms with Crippen LogP contribution >= 0.6 is 31.9 Å². The minimum absolute atomic E-state index is 0.00222. The average Bonchev–Trinajstić information content (AvgIpc) is 2.71. The molecular formula is C23H24Br2O4. The van der Waals surface area contributed by atoms with Crippen LogP contribution in [0.15, 0.2) is 50.5 Å². The molecule has 0 amide bonds. The van der Waals surface area contributed by atoms with Gasteiger partial charge in [0, 0.05) is 15.8 Å². The van der Waals surface area contributed by atoms with Crippen molar-refractivity contribution < 1.29 is 19.4 Å². The molecule has 1 N–H and O–H groups in total. The molecule has 0 bridgehead atoms. The van der Waals surface area contributed by atoms with E-state index in [1.54, 1.807) is 26.0 Å². The van der Waals surface area contributed by atoms with Crippen LogP contribution in [0.25, 0.3) is 0 Å². The maximum Gasteiger partial charge on any atom is 0.173 e. The van der Waals surface area contributed by atoms with Gasteiger partial charge in [-0.2, -0.15) is 0 Å². The van der Waals surface area contributed by atoms with E-state index in [0.717, 1.165) is 11.1 Å². The number of Topliss-reactive ketones (excluding diaryl/α,β-unsaturated/α-hetero) is 2. The summed E-state index contributed by atoms with van der Waals surface area (Å²) in [5.41, 5.74) is 0.759. The summed E-state index contributed by atoms with van der Waals surface area (Å²) in [5, 5.41) is 10.4. The van der Waals surface area contributed by atoms with Crippen molar-refractivity contribution in [3.63, 3.8) is 0 Å². The molecule has 0 unspecified atom stereocenters. The number of phenols is 1. The molecule has 3 atom stereocenters. The topological polar surface area (TPSA) is 63.6 Å². The number of fused-ring (bicyclic) bond motifs is 1. The fraction of sp³-hybridized carbons (Fsp3) is 0.391. The highest BCUT2D eigenvalue weighted by Gasteiger charge is 2.63. The van der Waals surface area contributed by atoms with Crippen LogP contribution in [0, 0.1) is 10.8 Å². The van der Waals surface area contributed by atoms with Gasteiger partial charge in [0.1, 0.15) is 0 Å². The SMILES string of the molecule is C=CC1=CC[C@@]2(C)C(=O)C(C)=C(C)C(=O)[C@@]2(C)[C@H]1c1cc(OC)c(O)c(Br)c1Br. The fourth-order valence-electron chi connectivity index (χ4n) is 4.83. The zero-order valence-corrected chi connectivity index (χ0v) is 20.3. The molecule has 0 fully saturated rings. The molecule has 6 heteroatoms. The summed E-state index contributed by atoms with van der Waals surface area (Å²) in [7, 11) is 1.47. The van der Waals surface area contributed by atoms with E-state index < -0.39 is 16.7 Å². The van der Waals surface area contributed by atoms with Crippen LogP contribution in [0.2, 0.25) is 0 Å². The number of aromatic hydroxyl groups is 1. The summed E-state index contributed by atoms with van der Waals surface area (Å²) in [4.78, 5) is 27.1. The Morgan fingerprint density at radius 3 is 2.31 bits per heavy atom. The standard InChI is InChI=1S/C23H24Br2O4/c1-7-13-8-9-22(4)20(27)11(2)12(3)21(28)23(22,5)16(13)14-10-15(29-6)19(26)18(25)17(14)24/h7-8,10,16,26H,1,9H2,2-6H3/t16-,22+,23-/m1/s1. The van der Waals surface area contributed by atoms with Gasteiger partial charge >= 0.3 is 0 Å². The summed E-state index contributed by atoms with van der Waals surface area (Å²) in [5.74, 6) is -0.230. The summed E-state index contributed by atoms with van der Waals surface area (Å²) in [6.45, 7) is 11.2. The molecule has 1 aromatic carbocycles. The van der Waals surface area contributed by atoms with Gasteiger partial charge in [0.15, 0.2) is 23.1 Å². The predicted molar refractivity (Wildman–Crippen MR) is 120 cm³/mol. The van der Waals surface area contributed by atoms with Crippen molar-refractivity contribution in [1.82, 2.24) is 0 Å². The summed E-state index contributed by atoms with van der Waals surface area (Å²) in [6, 6.07) is 1.72. The molecule has 0 aromatic heterocycles. The van der Waals surface area contributed by atoms with E-state index in [2.05, 4.69) is 38.4 Å². The Morgan fingerprint density at radius 2 is 1.76 bits per heavy atom. The molecule has 0 radical (unpaired) electrons. The Morgan fingerprint density at radius 1 is 1.17 bits per heavy atom. The van der Waals surface area contributed by atoms with Crippen molar-refractivity contribution >= 4 is 43.4 Å². The fourth-order valence-corrected chi connectivity index (χ4v) is 5.78. The van der Waals surface area contributed by atoms with Crippen LogP contribution in [0.4, 0.5) is 0 Å². The maximum atomic E-state index is 13.7. The molecule has 0 saturated carbocycles. The highest BCUT2D eigenvalue weighted by molar-refractivity contribution is 9.13. The van der Waals surface area contributed by atoms with E-state index in [0.29, 0.717) is 26.5 Å². The van der Waals surface area contributed by atoms with Gasteiger partial charge in [0.05, 0.1) is 17.0 Å². The van der Waals surface area contributed by atoms with Crippen LogP contribution in [0.5, 0.6) is 11.5 Å². The first-order valence-corrected chi connectivity index (χ1v) is 10.9. The second kappa shape index (κ2) is 7.24. The van der Waals surface area contributed by atoms with E-state index >= 15 is 0 Å². The second-order valence-electron chi connectivity index (χ2n) is 8.13. The number of ketones is 2. The number of ether oxygens (including phenoxy) is 1. The Labute approximate surface area is 188 Å². The van der Waals surface area contributed by atoms with Gasteiger partial charge in [-0.05, 0) is 80.5 Å². The van der Waals surface area contributed by atoms with Crippen molar-refractivity contribution in [3.8, 4) is 11.5 Å². The average molecular weight is 524 g/mol. The van der Waals surface area contributed by atoms with Gasteiger partial charge in [-0.25, -0.2) is 0 Å². The third kappa shape index (κ3) is 2.75. The minimum Gasteiger partial charge on any atom is -0.503 e. The van der Waals surface area contributed by atoms with Crippen molar-refractivity contribution in [2.24, 2.45) is 10.8 Å². The lowest BCUT2D eigenvalue weighted by atomic mass is 9.45. The van der Waals surface area contributed by atoms with Gasteiger partial charge in [0.2, 0.25) is 0 Å². The lowest BCUT2D eigenvalue weighted by molar-refractivity contribution is -0.147. The molecule has 154 valence electrons. The largest absolute Gasteiger partial charge is 0.503 e. The first kappa shape index (κ1) is 22.0. The zero-order valence-electron chi connectivity index (χ0n) is 17.2. The summed E-state index contributed by atoms with van der Waals surface area (Å²) >= 11 is 6.99. The highest BCUT2D eigenvalue weighted by Crippen LogP contribution is 2.63. The van der Waals surface area contributed by atoms with Crippen LogP contribution in [-0.4, -0.2) is 23.8 Å². The predicted octanol–water partition coefficient (Wildman–Crippen LogP) is 6.03. The Kier molecular flexibility index (Phi) is 5.50. The first-order valence-electron chi connectivity index (χ1n) is 9.31. The molecule has 2 aliphatic carbocycles. The number of phenolic OH excluding ortho intramolecular Hbond substituents is 1. The van der Waals surface area contributed by atoms with E-state index in [-0.39, 0.29) is 23.1 Å². The number of benzene rings is 1. The number of rotatable bonds is 3. The summed E-state index contributed by atoms with van der Waals surface area (Å²) in [6.07, 6.45) is 4.20. The van der Waals surface area contributed by atoms with Crippen LogP contribution in [0.1, 0.15) is 45.6 Å². The number of hydrogen-bond donors (Lipinski definition) is 1. The molecule has 0 aliphatic heterocycles. The molecule has 4 nitrogen and oxygen atoms in total. The minimum atomic E-state index is -1.02. The number of carbonyl (C=O) groups is 2. The van der Waals surface area contributed by atoms with E-state index in [9.17, 15) is 14.7 Å². The lowest BCUT2D eigenvalue weighted by Crippen LogP contribution is -2.57. The lowest BCUT2D eigenvalue weighted by Gasteiger charge is -2.54. The smallest absolute Gasteiger partial charge is 0.173 e. The molecule has 0 spiro atoms. The third-order valence-corrected chi connectivity index (χ3v) is 9.12.